The van der Waals surface area contributed by atoms with Crippen molar-refractivity contribution in [1.29, 1.82) is 0 Å². The van der Waals surface area contributed by atoms with Crippen molar-refractivity contribution in [2.75, 3.05) is 18.6 Å². The smallest absolute Gasteiger partial charge is 0.339 e. The van der Waals surface area contributed by atoms with Crippen LogP contribution in [0.2, 0.25) is 5.02 Å². The molecular formula is C23H21ClFN3O4. The number of halogens is 2. The van der Waals surface area contributed by atoms with Crippen molar-refractivity contribution < 1.29 is 23.8 Å². The van der Waals surface area contributed by atoms with Crippen LogP contribution in [-0.2, 0) is 6.61 Å². The number of hydrogen-bond donors (Lipinski definition) is 1. The molecule has 4 rings (SSSR count). The van der Waals surface area contributed by atoms with E-state index < -0.39 is 11.8 Å². The molecule has 0 aliphatic carbocycles. The molecule has 166 valence electrons. The van der Waals surface area contributed by atoms with Crippen molar-refractivity contribution in [3.63, 3.8) is 0 Å². The molecule has 1 fully saturated rings. The van der Waals surface area contributed by atoms with Crippen LogP contribution in [0.1, 0.15) is 40.5 Å². The quantitative estimate of drug-likeness (QED) is 0.540. The molecule has 0 spiro atoms. The van der Waals surface area contributed by atoms with Crippen LogP contribution in [0.5, 0.6) is 11.5 Å². The van der Waals surface area contributed by atoms with Gasteiger partial charge in [-0.3, -0.25) is 0 Å². The van der Waals surface area contributed by atoms with Crippen molar-refractivity contribution in [2.24, 2.45) is 0 Å². The number of benzene rings is 2. The lowest BCUT2D eigenvalue weighted by molar-refractivity contribution is 0.0692. The highest BCUT2D eigenvalue weighted by atomic mass is 35.5. The van der Waals surface area contributed by atoms with Gasteiger partial charge in [-0.2, -0.15) is 0 Å². The predicted molar refractivity (Wildman–Crippen MR) is 117 cm³/mol. The van der Waals surface area contributed by atoms with Crippen molar-refractivity contribution in [3.05, 3.63) is 76.3 Å². The van der Waals surface area contributed by atoms with Crippen LogP contribution in [-0.4, -0.2) is 34.7 Å². The average molecular weight is 458 g/mol. The van der Waals surface area contributed by atoms with Gasteiger partial charge < -0.3 is 19.5 Å². The van der Waals surface area contributed by atoms with E-state index >= 15 is 0 Å². The molecule has 1 atom stereocenters. The number of aromatic carboxylic acids is 1. The summed E-state index contributed by atoms with van der Waals surface area (Å²) in [6.45, 7) is 0.622. The van der Waals surface area contributed by atoms with E-state index in [1.165, 1.54) is 24.4 Å². The molecule has 1 aliphatic heterocycles. The third kappa shape index (κ3) is 4.60. The largest absolute Gasteiger partial charge is 0.497 e. The lowest BCUT2D eigenvalue weighted by Gasteiger charge is -2.25. The summed E-state index contributed by atoms with van der Waals surface area (Å²) in [7, 11) is 1.62. The van der Waals surface area contributed by atoms with Crippen molar-refractivity contribution in [1.82, 2.24) is 9.97 Å². The third-order valence-corrected chi connectivity index (χ3v) is 5.65. The Hall–Kier alpha value is -3.39. The highest BCUT2D eigenvalue weighted by molar-refractivity contribution is 6.30. The molecule has 2 heterocycles. The van der Waals surface area contributed by atoms with Crippen LogP contribution >= 0.6 is 11.6 Å². The molecule has 1 N–H and O–H groups in total. The number of ether oxygens (including phenoxy) is 2. The van der Waals surface area contributed by atoms with Gasteiger partial charge in [0.05, 0.1) is 23.9 Å². The number of carbonyl (C=O) groups is 1. The predicted octanol–water partition coefficient (Wildman–Crippen LogP) is 4.90. The molecule has 1 unspecified atom stereocenters. The Labute approximate surface area is 189 Å². The maximum atomic E-state index is 13.4. The first-order valence-corrected chi connectivity index (χ1v) is 10.4. The Morgan fingerprint density at radius 3 is 2.69 bits per heavy atom. The first-order chi connectivity index (χ1) is 15.5. The number of methoxy groups -OCH3 is 1. The fraction of sp³-hybridized carbons (Fsp3) is 0.261. The van der Waals surface area contributed by atoms with Crippen molar-refractivity contribution >= 4 is 23.5 Å². The Morgan fingerprint density at radius 1 is 1.25 bits per heavy atom. The molecule has 0 radical (unpaired) electrons. The standard InChI is InChI=1S/C23H21ClFN3O4/c1-31-15-6-4-14(5-7-15)21-3-2-10-28(21)23-26-12-17(22(29)30)20(27-23)13-32-16-8-9-19(25)18(24)11-16/h4-9,11-12,21H,2-3,10,13H2,1H3,(H,29,30). The van der Waals surface area contributed by atoms with E-state index in [2.05, 4.69) is 14.9 Å². The number of hydrogen-bond acceptors (Lipinski definition) is 6. The van der Waals surface area contributed by atoms with E-state index in [1.54, 1.807) is 7.11 Å². The Morgan fingerprint density at radius 2 is 2.00 bits per heavy atom. The average Bonchev–Trinajstić information content (AvgIpc) is 3.29. The Kier molecular flexibility index (Phi) is 6.41. The number of rotatable bonds is 7. The molecule has 1 saturated heterocycles. The van der Waals surface area contributed by atoms with E-state index in [9.17, 15) is 14.3 Å². The second kappa shape index (κ2) is 9.40. The summed E-state index contributed by atoms with van der Waals surface area (Å²) in [6, 6.07) is 11.8. The zero-order chi connectivity index (χ0) is 22.7. The van der Waals surface area contributed by atoms with E-state index in [-0.39, 0.29) is 28.9 Å². The van der Waals surface area contributed by atoms with Crippen LogP contribution in [0.15, 0.2) is 48.7 Å². The van der Waals surface area contributed by atoms with E-state index in [1.807, 2.05) is 24.3 Å². The molecule has 32 heavy (non-hydrogen) atoms. The van der Waals surface area contributed by atoms with Crippen LogP contribution in [0.25, 0.3) is 0 Å². The molecule has 9 heteroatoms. The zero-order valence-electron chi connectivity index (χ0n) is 17.3. The minimum absolute atomic E-state index is 0.0536. The molecule has 3 aromatic rings. The monoisotopic (exact) mass is 457 g/mol. The summed E-state index contributed by atoms with van der Waals surface area (Å²) in [5, 5.41) is 9.47. The molecule has 0 bridgehead atoms. The minimum Gasteiger partial charge on any atom is -0.497 e. The van der Waals surface area contributed by atoms with E-state index in [0.717, 1.165) is 30.7 Å². The summed E-state index contributed by atoms with van der Waals surface area (Å²) in [6.07, 6.45) is 3.18. The second-order valence-electron chi connectivity index (χ2n) is 7.32. The zero-order valence-corrected chi connectivity index (χ0v) is 18.1. The topological polar surface area (TPSA) is 84.8 Å². The molecule has 0 saturated carbocycles. The first kappa shape index (κ1) is 21.8. The number of aromatic nitrogens is 2. The van der Waals surface area contributed by atoms with Gasteiger partial charge in [0, 0.05) is 18.8 Å². The molecule has 7 nitrogen and oxygen atoms in total. The number of nitrogens with zero attached hydrogens (tertiary/aromatic N) is 3. The summed E-state index contributed by atoms with van der Waals surface area (Å²) in [5.74, 6) is -0.191. The molecule has 2 aromatic carbocycles. The summed E-state index contributed by atoms with van der Waals surface area (Å²) in [4.78, 5) is 22.6. The maximum absolute atomic E-state index is 13.4. The van der Waals surface area contributed by atoms with Crippen molar-refractivity contribution in [2.45, 2.75) is 25.5 Å². The van der Waals surface area contributed by atoms with Gasteiger partial charge >= 0.3 is 5.97 Å². The lowest BCUT2D eigenvalue weighted by Crippen LogP contribution is -2.26. The van der Waals surface area contributed by atoms with Gasteiger partial charge in [0.1, 0.15) is 29.5 Å². The molecule has 0 amide bonds. The fourth-order valence-electron chi connectivity index (χ4n) is 3.73. The van der Waals surface area contributed by atoms with Crippen molar-refractivity contribution in [3.8, 4) is 11.5 Å². The highest BCUT2D eigenvalue weighted by Gasteiger charge is 2.29. The fourth-order valence-corrected chi connectivity index (χ4v) is 3.90. The van der Waals surface area contributed by atoms with Gasteiger partial charge in [0.15, 0.2) is 0 Å². The van der Waals surface area contributed by atoms with Gasteiger partial charge in [0.25, 0.3) is 0 Å². The molecular weight excluding hydrogens is 437 g/mol. The highest BCUT2D eigenvalue weighted by Crippen LogP contribution is 2.35. The summed E-state index contributed by atoms with van der Waals surface area (Å²) in [5.41, 5.74) is 1.28. The summed E-state index contributed by atoms with van der Waals surface area (Å²) < 4.78 is 24.2. The van der Waals surface area contributed by atoms with Crippen LogP contribution in [0, 0.1) is 5.82 Å². The van der Waals surface area contributed by atoms with Crippen LogP contribution < -0.4 is 14.4 Å². The van der Waals surface area contributed by atoms with E-state index in [0.29, 0.717) is 11.7 Å². The number of anilines is 1. The second-order valence-corrected chi connectivity index (χ2v) is 7.73. The molecule has 1 aromatic heterocycles. The van der Waals surface area contributed by atoms with Gasteiger partial charge in [-0.15, -0.1) is 0 Å². The normalized spacial score (nSPS) is 15.6. The van der Waals surface area contributed by atoms with Gasteiger partial charge in [0.2, 0.25) is 5.95 Å². The Balaban J connectivity index is 1.59. The number of carboxylic acids is 1. The Bertz CT molecular complexity index is 1130. The van der Waals surface area contributed by atoms with Gasteiger partial charge in [-0.1, -0.05) is 23.7 Å². The van der Waals surface area contributed by atoms with Gasteiger partial charge in [-0.05, 0) is 42.7 Å². The molecule has 1 aliphatic rings. The third-order valence-electron chi connectivity index (χ3n) is 5.36. The SMILES string of the molecule is COc1ccc(C2CCCN2c2ncc(C(=O)O)c(COc3ccc(F)c(Cl)c3)n2)cc1. The van der Waals surface area contributed by atoms with E-state index in [4.69, 9.17) is 21.1 Å². The minimum atomic E-state index is -1.15. The maximum Gasteiger partial charge on any atom is 0.339 e. The first-order valence-electron chi connectivity index (χ1n) is 10.0. The summed E-state index contributed by atoms with van der Waals surface area (Å²) >= 11 is 5.79. The van der Waals surface area contributed by atoms with Gasteiger partial charge in [-0.25, -0.2) is 19.2 Å². The van der Waals surface area contributed by atoms with Crippen LogP contribution in [0.3, 0.4) is 0 Å². The lowest BCUT2D eigenvalue weighted by atomic mass is 10.0. The van der Waals surface area contributed by atoms with Crippen LogP contribution in [0.4, 0.5) is 10.3 Å². The number of carboxylic acid groups (broad SMARTS) is 1.